The van der Waals surface area contributed by atoms with Gasteiger partial charge in [0.1, 0.15) is 0 Å². The molecule has 0 bridgehead atoms. The second-order valence-electron chi connectivity index (χ2n) is 3.17. The van der Waals surface area contributed by atoms with Crippen LogP contribution in [0.2, 0.25) is 0 Å². The van der Waals surface area contributed by atoms with Crippen molar-refractivity contribution in [1.82, 2.24) is 10.2 Å². The number of likely N-dealkylation sites (N-methyl/N-ethyl adjacent to an activating group) is 1. The smallest absolute Gasteiger partial charge is 0.317 e. The van der Waals surface area contributed by atoms with E-state index in [4.69, 9.17) is 10.9 Å². The van der Waals surface area contributed by atoms with Gasteiger partial charge in [0.2, 0.25) is 0 Å². The summed E-state index contributed by atoms with van der Waals surface area (Å²) in [6.45, 7) is 0.134. The minimum Gasteiger partial charge on any atom is -0.409 e. The molecule has 0 aromatic rings. The largest absolute Gasteiger partial charge is 0.409 e. The maximum Gasteiger partial charge on any atom is 0.317 e. The molecule has 1 aliphatic rings. The zero-order valence-corrected chi connectivity index (χ0v) is 7.53. The highest BCUT2D eigenvalue weighted by Gasteiger charge is 2.24. The van der Waals surface area contributed by atoms with Crippen molar-refractivity contribution in [3.8, 4) is 0 Å². The molecular weight excluding hydrogens is 172 g/mol. The predicted molar refractivity (Wildman–Crippen MR) is 47.6 cm³/mol. The summed E-state index contributed by atoms with van der Waals surface area (Å²) in [7, 11) is 1.59. The van der Waals surface area contributed by atoms with Crippen molar-refractivity contribution in [2.24, 2.45) is 10.9 Å². The van der Waals surface area contributed by atoms with Gasteiger partial charge >= 0.3 is 6.03 Å². The Kier molecular flexibility index (Phi) is 2.94. The number of amidine groups is 1. The van der Waals surface area contributed by atoms with E-state index in [2.05, 4.69) is 10.5 Å². The molecule has 6 heteroatoms. The number of nitrogens with zero attached hydrogens (tertiary/aromatic N) is 2. The lowest BCUT2D eigenvalue weighted by atomic mass is 10.5. The van der Waals surface area contributed by atoms with E-state index in [1.54, 1.807) is 7.05 Å². The number of carbonyl (C=O) groups excluding carboxylic acids is 1. The number of carbonyl (C=O) groups is 1. The average Bonchev–Trinajstić information content (AvgIpc) is 2.87. The molecule has 4 N–H and O–H groups in total. The molecule has 0 heterocycles. The van der Waals surface area contributed by atoms with Crippen LogP contribution in [-0.2, 0) is 0 Å². The van der Waals surface area contributed by atoms with E-state index in [0.717, 1.165) is 12.8 Å². The zero-order valence-electron chi connectivity index (χ0n) is 7.53. The first-order valence-corrected chi connectivity index (χ1v) is 4.11. The highest BCUT2D eigenvalue weighted by atomic mass is 16.4. The molecule has 1 saturated carbocycles. The van der Waals surface area contributed by atoms with E-state index in [-0.39, 0.29) is 18.4 Å². The molecule has 6 nitrogen and oxygen atoms in total. The Morgan fingerprint density at radius 3 is 2.85 bits per heavy atom. The van der Waals surface area contributed by atoms with Gasteiger partial charge in [-0.2, -0.15) is 0 Å². The van der Waals surface area contributed by atoms with E-state index < -0.39 is 0 Å². The molecule has 1 fully saturated rings. The third-order valence-corrected chi connectivity index (χ3v) is 1.78. The van der Waals surface area contributed by atoms with Gasteiger partial charge in [0, 0.05) is 13.1 Å². The monoisotopic (exact) mass is 186 g/mol. The van der Waals surface area contributed by atoms with Crippen molar-refractivity contribution in [1.29, 1.82) is 0 Å². The maximum atomic E-state index is 11.3. The fraction of sp³-hybridized carbons (Fsp3) is 0.714. The van der Waals surface area contributed by atoms with Gasteiger partial charge in [-0.3, -0.25) is 0 Å². The van der Waals surface area contributed by atoms with Gasteiger partial charge in [-0.15, -0.1) is 0 Å². The van der Waals surface area contributed by atoms with E-state index >= 15 is 0 Å². The molecule has 13 heavy (non-hydrogen) atoms. The summed E-state index contributed by atoms with van der Waals surface area (Å²) in [5, 5.41) is 13.8. The van der Waals surface area contributed by atoms with Crippen LogP contribution in [0.5, 0.6) is 0 Å². The van der Waals surface area contributed by atoms with E-state index in [1.807, 2.05) is 0 Å². The average molecular weight is 186 g/mol. The first-order chi connectivity index (χ1) is 6.13. The summed E-state index contributed by atoms with van der Waals surface area (Å²) in [5.41, 5.74) is 5.24. The molecule has 74 valence electrons. The van der Waals surface area contributed by atoms with Crippen LogP contribution < -0.4 is 11.1 Å². The molecule has 0 atom stereocenters. The number of amides is 2. The SMILES string of the molecule is CN(CC(N)=NO)C(=O)NC1CC1. The Hall–Kier alpha value is -1.46. The topological polar surface area (TPSA) is 90.9 Å². The lowest BCUT2D eigenvalue weighted by Crippen LogP contribution is -2.42. The van der Waals surface area contributed by atoms with Gasteiger partial charge < -0.3 is 21.2 Å². The summed E-state index contributed by atoms with van der Waals surface area (Å²) in [6, 6.07) is 0.135. The lowest BCUT2D eigenvalue weighted by Gasteiger charge is -2.16. The van der Waals surface area contributed by atoms with Crippen LogP contribution in [0, 0.1) is 0 Å². The van der Waals surface area contributed by atoms with Crippen molar-refractivity contribution < 1.29 is 10.0 Å². The molecular formula is C7H14N4O2. The Bertz CT molecular complexity index is 225. The van der Waals surface area contributed by atoms with Crippen LogP contribution in [0.25, 0.3) is 0 Å². The first kappa shape index (κ1) is 9.63. The highest BCUT2D eigenvalue weighted by Crippen LogP contribution is 2.18. The number of rotatable bonds is 3. The molecule has 1 aliphatic carbocycles. The fourth-order valence-corrected chi connectivity index (χ4v) is 0.859. The number of hydrogen-bond donors (Lipinski definition) is 3. The van der Waals surface area contributed by atoms with Crippen LogP contribution >= 0.6 is 0 Å². The van der Waals surface area contributed by atoms with Crippen LogP contribution in [0.4, 0.5) is 4.79 Å². The van der Waals surface area contributed by atoms with Crippen molar-refractivity contribution in [3.05, 3.63) is 0 Å². The number of nitrogens with two attached hydrogens (primary N) is 1. The van der Waals surface area contributed by atoms with E-state index in [9.17, 15) is 4.79 Å². The Balaban J connectivity index is 2.28. The third kappa shape index (κ3) is 3.18. The van der Waals surface area contributed by atoms with Crippen LogP contribution in [-0.4, -0.2) is 41.6 Å². The number of urea groups is 1. The van der Waals surface area contributed by atoms with Crippen molar-refractivity contribution in [3.63, 3.8) is 0 Å². The summed E-state index contributed by atoms with van der Waals surface area (Å²) in [6.07, 6.45) is 2.09. The number of hydrogen-bond acceptors (Lipinski definition) is 3. The number of nitrogens with one attached hydrogen (secondary N) is 1. The maximum absolute atomic E-state index is 11.3. The molecule has 2 amide bonds. The van der Waals surface area contributed by atoms with Crippen molar-refractivity contribution in [2.75, 3.05) is 13.6 Å². The molecule has 0 radical (unpaired) electrons. The second-order valence-corrected chi connectivity index (χ2v) is 3.17. The molecule has 0 spiro atoms. The summed E-state index contributed by atoms with van der Waals surface area (Å²) >= 11 is 0. The Morgan fingerprint density at radius 2 is 2.38 bits per heavy atom. The minimum absolute atomic E-state index is 0.0217. The standard InChI is InChI=1S/C7H14N4O2/c1-11(4-6(8)10-13)7(12)9-5-2-3-5/h5,13H,2-4H2,1H3,(H2,8,10)(H,9,12). The first-order valence-electron chi connectivity index (χ1n) is 4.11. The van der Waals surface area contributed by atoms with E-state index in [0.29, 0.717) is 6.04 Å². The normalized spacial score (nSPS) is 16.8. The molecule has 0 saturated heterocycles. The second kappa shape index (κ2) is 3.97. The van der Waals surface area contributed by atoms with Gasteiger partial charge in [-0.25, -0.2) is 4.79 Å². The van der Waals surface area contributed by atoms with Crippen LogP contribution in [0.1, 0.15) is 12.8 Å². The van der Waals surface area contributed by atoms with Gasteiger partial charge in [0.15, 0.2) is 5.84 Å². The molecule has 0 unspecified atom stereocenters. The Labute approximate surface area is 76.4 Å². The van der Waals surface area contributed by atoms with Gasteiger partial charge in [0.25, 0.3) is 0 Å². The predicted octanol–water partition coefficient (Wildman–Crippen LogP) is -0.463. The van der Waals surface area contributed by atoms with Crippen LogP contribution in [0.15, 0.2) is 5.16 Å². The zero-order chi connectivity index (χ0) is 9.84. The molecule has 0 aliphatic heterocycles. The minimum atomic E-state index is -0.186. The molecule has 0 aromatic heterocycles. The molecule has 0 aromatic carbocycles. The lowest BCUT2D eigenvalue weighted by molar-refractivity contribution is 0.213. The van der Waals surface area contributed by atoms with Crippen molar-refractivity contribution in [2.45, 2.75) is 18.9 Å². The Morgan fingerprint density at radius 1 is 1.77 bits per heavy atom. The van der Waals surface area contributed by atoms with Gasteiger partial charge in [0.05, 0.1) is 6.54 Å². The fourth-order valence-electron chi connectivity index (χ4n) is 0.859. The summed E-state index contributed by atoms with van der Waals surface area (Å²) < 4.78 is 0. The third-order valence-electron chi connectivity index (χ3n) is 1.78. The van der Waals surface area contributed by atoms with Crippen molar-refractivity contribution >= 4 is 11.9 Å². The molecule has 1 rings (SSSR count). The summed E-state index contributed by atoms with van der Waals surface area (Å²) in [4.78, 5) is 12.6. The van der Waals surface area contributed by atoms with Gasteiger partial charge in [-0.05, 0) is 12.8 Å². The summed E-state index contributed by atoms with van der Waals surface area (Å²) in [5.74, 6) is 0.0217. The van der Waals surface area contributed by atoms with E-state index in [1.165, 1.54) is 4.90 Å². The van der Waals surface area contributed by atoms with Gasteiger partial charge in [-0.1, -0.05) is 5.16 Å². The quantitative estimate of drug-likeness (QED) is 0.241. The highest BCUT2D eigenvalue weighted by molar-refractivity contribution is 5.86. The van der Waals surface area contributed by atoms with Crippen LogP contribution in [0.3, 0.4) is 0 Å². The number of oxime groups is 1.